The topological polar surface area (TPSA) is 27.3 Å². The van der Waals surface area contributed by atoms with Gasteiger partial charge in [0.15, 0.2) is 5.11 Å². The first kappa shape index (κ1) is 23.3. The third-order valence-corrected chi connectivity index (χ3v) is 6.52. The van der Waals surface area contributed by atoms with E-state index in [-0.39, 0.29) is 11.1 Å². The van der Waals surface area contributed by atoms with Crippen molar-refractivity contribution in [2.24, 2.45) is 0 Å². The summed E-state index contributed by atoms with van der Waals surface area (Å²) in [5, 5.41) is 9.42. The van der Waals surface area contributed by atoms with Crippen LogP contribution in [0.3, 0.4) is 0 Å². The summed E-state index contributed by atoms with van der Waals surface area (Å²) in [6.07, 6.45) is 2.01. The first-order chi connectivity index (χ1) is 14.0. The molecule has 0 spiro atoms. The van der Waals surface area contributed by atoms with Crippen LogP contribution in [0.2, 0.25) is 10.0 Å². The molecule has 0 amide bonds. The molecule has 2 aromatic rings. The van der Waals surface area contributed by atoms with Crippen LogP contribution < -0.4 is 10.6 Å². The standard InChI is InChI=1S/C24H31Cl2N3S/c1-23(2)13-18(14-24(3,4)28-23)27-22(30)29(15-17-9-6-5-7-10-17)16-19-20(25)11-8-12-21(19)26/h5-12,18,28H,13-16H2,1-4H3,(H,27,30). The molecule has 0 bridgehead atoms. The minimum Gasteiger partial charge on any atom is -0.360 e. The second-order valence-electron chi connectivity index (χ2n) is 9.49. The molecule has 1 heterocycles. The molecule has 2 N–H and O–H groups in total. The highest BCUT2D eigenvalue weighted by atomic mass is 35.5. The molecule has 6 heteroatoms. The number of nitrogens with one attached hydrogen (secondary N) is 2. The van der Waals surface area contributed by atoms with Gasteiger partial charge in [0.25, 0.3) is 0 Å². The quantitative estimate of drug-likeness (QED) is 0.517. The number of halogens is 2. The third-order valence-electron chi connectivity index (χ3n) is 5.43. The second kappa shape index (κ2) is 9.44. The van der Waals surface area contributed by atoms with Crippen LogP contribution in [0.4, 0.5) is 0 Å². The van der Waals surface area contributed by atoms with E-state index in [0.29, 0.717) is 29.2 Å². The first-order valence-electron chi connectivity index (χ1n) is 10.4. The summed E-state index contributed by atoms with van der Waals surface area (Å²) in [5.74, 6) is 0. The van der Waals surface area contributed by atoms with E-state index < -0.39 is 0 Å². The van der Waals surface area contributed by atoms with Crippen molar-refractivity contribution < 1.29 is 0 Å². The van der Waals surface area contributed by atoms with Gasteiger partial charge < -0.3 is 15.5 Å². The summed E-state index contributed by atoms with van der Waals surface area (Å²) in [5.41, 5.74) is 2.18. The van der Waals surface area contributed by atoms with Crippen LogP contribution in [0.5, 0.6) is 0 Å². The zero-order chi connectivity index (χ0) is 21.9. The fourth-order valence-corrected chi connectivity index (χ4v) is 5.38. The molecule has 1 aliphatic rings. The van der Waals surface area contributed by atoms with Gasteiger partial charge in [-0.25, -0.2) is 0 Å². The second-order valence-corrected chi connectivity index (χ2v) is 10.7. The molecular weight excluding hydrogens is 433 g/mol. The molecule has 0 unspecified atom stereocenters. The first-order valence-corrected chi connectivity index (χ1v) is 11.5. The van der Waals surface area contributed by atoms with Crippen molar-refractivity contribution in [2.75, 3.05) is 0 Å². The van der Waals surface area contributed by atoms with Gasteiger partial charge in [-0.15, -0.1) is 0 Å². The summed E-state index contributed by atoms with van der Waals surface area (Å²) in [6, 6.07) is 16.2. The van der Waals surface area contributed by atoms with Gasteiger partial charge in [0, 0.05) is 45.8 Å². The van der Waals surface area contributed by atoms with E-state index in [2.05, 4.69) is 55.4 Å². The summed E-state index contributed by atoms with van der Waals surface area (Å²) in [6.45, 7) is 10.2. The summed E-state index contributed by atoms with van der Waals surface area (Å²) >= 11 is 18.8. The highest BCUT2D eigenvalue weighted by molar-refractivity contribution is 7.80. The van der Waals surface area contributed by atoms with E-state index in [4.69, 9.17) is 35.4 Å². The van der Waals surface area contributed by atoms with Gasteiger partial charge in [-0.05, 0) is 70.5 Å². The van der Waals surface area contributed by atoms with Crippen LogP contribution in [0.25, 0.3) is 0 Å². The summed E-state index contributed by atoms with van der Waals surface area (Å²) in [7, 11) is 0. The van der Waals surface area contributed by atoms with Crippen molar-refractivity contribution in [1.82, 2.24) is 15.5 Å². The zero-order valence-electron chi connectivity index (χ0n) is 18.1. The molecule has 1 saturated heterocycles. The van der Waals surface area contributed by atoms with Crippen molar-refractivity contribution in [3.63, 3.8) is 0 Å². The fraction of sp³-hybridized carbons (Fsp3) is 0.458. The Kier molecular flexibility index (Phi) is 7.34. The van der Waals surface area contributed by atoms with Crippen LogP contribution >= 0.6 is 35.4 Å². The maximum absolute atomic E-state index is 6.46. The predicted octanol–water partition coefficient (Wildman–Crippen LogP) is 6.18. The molecule has 0 aromatic heterocycles. The lowest BCUT2D eigenvalue weighted by atomic mass is 9.80. The van der Waals surface area contributed by atoms with E-state index >= 15 is 0 Å². The Hall–Kier alpha value is -1.33. The molecule has 162 valence electrons. The van der Waals surface area contributed by atoms with Crippen LogP contribution in [0.15, 0.2) is 48.5 Å². The SMILES string of the molecule is CC1(C)CC(NC(=S)N(Cc2ccccc2)Cc2c(Cl)cccc2Cl)CC(C)(C)N1. The lowest BCUT2D eigenvalue weighted by Gasteiger charge is -2.47. The van der Waals surface area contributed by atoms with Crippen LogP contribution in [0, 0.1) is 0 Å². The largest absolute Gasteiger partial charge is 0.360 e. The highest BCUT2D eigenvalue weighted by Crippen LogP contribution is 2.30. The number of hydrogen-bond donors (Lipinski definition) is 2. The third kappa shape index (κ3) is 6.34. The Bertz CT molecular complexity index is 847. The van der Waals surface area contributed by atoms with Crippen molar-refractivity contribution in [3.05, 3.63) is 69.7 Å². The smallest absolute Gasteiger partial charge is 0.169 e. The Morgan fingerprint density at radius 2 is 1.53 bits per heavy atom. The number of rotatable bonds is 5. The number of hydrogen-bond acceptors (Lipinski definition) is 2. The van der Waals surface area contributed by atoms with Gasteiger partial charge >= 0.3 is 0 Å². The molecule has 30 heavy (non-hydrogen) atoms. The lowest BCUT2D eigenvalue weighted by molar-refractivity contribution is 0.153. The fourth-order valence-electron chi connectivity index (χ4n) is 4.57. The van der Waals surface area contributed by atoms with E-state index in [1.165, 1.54) is 5.56 Å². The molecular formula is C24H31Cl2N3S. The molecule has 2 aromatic carbocycles. The van der Waals surface area contributed by atoms with Gasteiger partial charge in [0.05, 0.1) is 0 Å². The molecule has 0 radical (unpaired) electrons. The molecule has 0 aliphatic carbocycles. The summed E-state index contributed by atoms with van der Waals surface area (Å²) in [4.78, 5) is 2.15. The molecule has 3 rings (SSSR count). The average Bonchev–Trinajstić information content (AvgIpc) is 2.62. The predicted molar refractivity (Wildman–Crippen MR) is 132 cm³/mol. The molecule has 0 atom stereocenters. The lowest BCUT2D eigenvalue weighted by Crippen LogP contribution is -2.62. The van der Waals surface area contributed by atoms with Gasteiger partial charge in [-0.2, -0.15) is 0 Å². The normalized spacial score (nSPS) is 18.1. The number of benzene rings is 2. The Labute approximate surface area is 196 Å². The van der Waals surface area contributed by atoms with Crippen molar-refractivity contribution in [3.8, 4) is 0 Å². The van der Waals surface area contributed by atoms with Crippen molar-refractivity contribution in [1.29, 1.82) is 0 Å². The maximum atomic E-state index is 6.46. The van der Waals surface area contributed by atoms with E-state index in [1.54, 1.807) is 0 Å². The monoisotopic (exact) mass is 463 g/mol. The van der Waals surface area contributed by atoms with Gasteiger partial charge in [0.2, 0.25) is 0 Å². The minimum atomic E-state index is 0.0470. The van der Waals surface area contributed by atoms with E-state index in [0.717, 1.165) is 23.5 Å². The van der Waals surface area contributed by atoms with Crippen molar-refractivity contribution >= 4 is 40.5 Å². The van der Waals surface area contributed by atoms with Crippen LogP contribution in [0.1, 0.15) is 51.7 Å². The zero-order valence-corrected chi connectivity index (χ0v) is 20.5. The van der Waals surface area contributed by atoms with Crippen molar-refractivity contribution in [2.45, 2.75) is 70.7 Å². The number of piperidine rings is 1. The molecule has 3 nitrogen and oxygen atoms in total. The molecule has 1 aliphatic heterocycles. The number of thiocarbonyl (C=S) groups is 1. The van der Waals surface area contributed by atoms with Crippen LogP contribution in [-0.4, -0.2) is 27.1 Å². The minimum absolute atomic E-state index is 0.0470. The Morgan fingerprint density at radius 1 is 0.967 bits per heavy atom. The Balaban J connectivity index is 1.81. The van der Waals surface area contributed by atoms with Gasteiger partial charge in [-0.3, -0.25) is 0 Å². The Morgan fingerprint density at radius 3 is 2.10 bits per heavy atom. The number of nitrogens with zero attached hydrogens (tertiary/aromatic N) is 1. The van der Waals surface area contributed by atoms with E-state index in [9.17, 15) is 0 Å². The molecule has 1 fully saturated rings. The maximum Gasteiger partial charge on any atom is 0.169 e. The highest BCUT2D eigenvalue weighted by Gasteiger charge is 2.38. The molecule has 0 saturated carbocycles. The van der Waals surface area contributed by atoms with E-state index in [1.807, 2.05) is 36.4 Å². The van der Waals surface area contributed by atoms with Gasteiger partial charge in [-0.1, -0.05) is 59.6 Å². The summed E-state index contributed by atoms with van der Waals surface area (Å²) < 4.78 is 0. The van der Waals surface area contributed by atoms with Gasteiger partial charge in [0.1, 0.15) is 0 Å². The average molecular weight is 465 g/mol. The van der Waals surface area contributed by atoms with Crippen LogP contribution in [-0.2, 0) is 13.1 Å².